The molecule has 2 aromatic heterocycles. The molecule has 3 N–H and O–H groups in total. The van der Waals surface area contributed by atoms with Crippen molar-refractivity contribution in [3.8, 4) is 0 Å². The van der Waals surface area contributed by atoms with Crippen molar-refractivity contribution in [2.45, 2.75) is 13.5 Å². The maximum atomic E-state index is 13.7. The molecule has 0 saturated carbocycles. The largest absolute Gasteiger partial charge is 0.467 e. The lowest BCUT2D eigenvalue weighted by Crippen LogP contribution is -2.25. The quantitative estimate of drug-likeness (QED) is 0.619. The molecule has 0 fully saturated rings. The standard InChI is InChI=1S/C11H14FN5O/c1-2-17(7-8-4-3-5-18-8)10-9(12)6-14-11(15-10)16-13/h3-6H,2,7,13H2,1H3,(H,14,15,16). The number of aromatic nitrogens is 2. The Kier molecular flexibility index (Phi) is 3.73. The van der Waals surface area contributed by atoms with Crippen LogP contribution in [0.3, 0.4) is 0 Å². The Labute approximate surface area is 104 Å². The maximum Gasteiger partial charge on any atom is 0.239 e. The van der Waals surface area contributed by atoms with Crippen LogP contribution < -0.4 is 16.2 Å². The van der Waals surface area contributed by atoms with E-state index in [4.69, 9.17) is 10.3 Å². The number of anilines is 2. The van der Waals surface area contributed by atoms with Gasteiger partial charge in [-0.25, -0.2) is 15.2 Å². The number of nitrogens with one attached hydrogen (secondary N) is 1. The highest BCUT2D eigenvalue weighted by atomic mass is 19.1. The maximum absolute atomic E-state index is 13.7. The molecule has 0 radical (unpaired) electrons. The van der Waals surface area contributed by atoms with Crippen LogP contribution in [0.25, 0.3) is 0 Å². The molecule has 0 amide bonds. The lowest BCUT2D eigenvalue weighted by Gasteiger charge is -2.21. The predicted molar refractivity (Wildman–Crippen MR) is 65.2 cm³/mol. The summed E-state index contributed by atoms with van der Waals surface area (Å²) in [7, 11) is 0. The van der Waals surface area contributed by atoms with E-state index in [0.717, 1.165) is 12.0 Å². The van der Waals surface area contributed by atoms with E-state index in [0.29, 0.717) is 13.1 Å². The minimum atomic E-state index is -0.498. The molecule has 0 atom stereocenters. The number of nitrogens with two attached hydrogens (primary N) is 1. The lowest BCUT2D eigenvalue weighted by molar-refractivity contribution is 0.499. The number of hydrogen-bond donors (Lipinski definition) is 2. The molecule has 7 heteroatoms. The number of halogens is 1. The SMILES string of the molecule is CCN(Cc1ccco1)c1nc(NN)ncc1F. The molecule has 0 unspecified atom stereocenters. The number of nitrogens with zero attached hydrogens (tertiary/aromatic N) is 3. The highest BCUT2D eigenvalue weighted by molar-refractivity contribution is 5.43. The molecule has 2 heterocycles. The smallest absolute Gasteiger partial charge is 0.239 e. The first kappa shape index (κ1) is 12.3. The monoisotopic (exact) mass is 251 g/mol. The zero-order valence-electron chi connectivity index (χ0n) is 9.93. The second kappa shape index (κ2) is 5.46. The van der Waals surface area contributed by atoms with Gasteiger partial charge in [0.25, 0.3) is 0 Å². The summed E-state index contributed by atoms with van der Waals surface area (Å²) in [5.41, 5.74) is 2.29. The van der Waals surface area contributed by atoms with Gasteiger partial charge in [-0.3, -0.25) is 5.43 Å². The summed E-state index contributed by atoms with van der Waals surface area (Å²) >= 11 is 0. The second-order valence-corrected chi connectivity index (χ2v) is 3.60. The van der Waals surface area contributed by atoms with Crippen LogP contribution in [-0.4, -0.2) is 16.5 Å². The normalized spacial score (nSPS) is 10.4. The summed E-state index contributed by atoms with van der Waals surface area (Å²) in [6.45, 7) is 2.92. The van der Waals surface area contributed by atoms with Gasteiger partial charge in [-0.05, 0) is 19.1 Å². The van der Waals surface area contributed by atoms with Crippen molar-refractivity contribution in [1.82, 2.24) is 9.97 Å². The molecule has 96 valence electrons. The molecule has 2 aromatic rings. The summed E-state index contributed by atoms with van der Waals surface area (Å²) in [4.78, 5) is 9.44. The number of nitrogen functional groups attached to an aromatic ring is 1. The van der Waals surface area contributed by atoms with E-state index in [1.54, 1.807) is 17.2 Å². The first-order valence-electron chi connectivity index (χ1n) is 5.51. The summed E-state index contributed by atoms with van der Waals surface area (Å²) in [6.07, 6.45) is 2.66. The van der Waals surface area contributed by atoms with Crippen LogP contribution in [-0.2, 0) is 6.54 Å². The van der Waals surface area contributed by atoms with Crippen LogP contribution in [0.1, 0.15) is 12.7 Å². The van der Waals surface area contributed by atoms with E-state index < -0.39 is 5.82 Å². The van der Waals surface area contributed by atoms with Gasteiger partial charge in [0.05, 0.1) is 19.0 Å². The van der Waals surface area contributed by atoms with Crippen LogP contribution in [0.15, 0.2) is 29.0 Å². The zero-order chi connectivity index (χ0) is 13.0. The number of rotatable bonds is 5. The van der Waals surface area contributed by atoms with E-state index in [-0.39, 0.29) is 11.8 Å². The van der Waals surface area contributed by atoms with Gasteiger partial charge in [-0.2, -0.15) is 4.98 Å². The molecule has 18 heavy (non-hydrogen) atoms. The van der Waals surface area contributed by atoms with Crippen molar-refractivity contribution < 1.29 is 8.81 Å². The molecule has 0 aromatic carbocycles. The van der Waals surface area contributed by atoms with E-state index in [1.807, 2.05) is 13.0 Å². The van der Waals surface area contributed by atoms with Crippen molar-refractivity contribution in [3.05, 3.63) is 36.2 Å². The fraction of sp³-hybridized carbons (Fsp3) is 0.273. The van der Waals surface area contributed by atoms with Crippen molar-refractivity contribution in [1.29, 1.82) is 0 Å². The Morgan fingerprint density at radius 1 is 1.56 bits per heavy atom. The van der Waals surface area contributed by atoms with E-state index in [9.17, 15) is 4.39 Å². The first-order chi connectivity index (χ1) is 8.74. The first-order valence-corrected chi connectivity index (χ1v) is 5.51. The number of hydrazine groups is 1. The van der Waals surface area contributed by atoms with Gasteiger partial charge in [-0.1, -0.05) is 0 Å². The second-order valence-electron chi connectivity index (χ2n) is 3.60. The fourth-order valence-electron chi connectivity index (χ4n) is 1.58. The van der Waals surface area contributed by atoms with Gasteiger partial charge in [0.2, 0.25) is 5.95 Å². The third-order valence-electron chi connectivity index (χ3n) is 2.46. The highest BCUT2D eigenvalue weighted by Gasteiger charge is 2.15. The van der Waals surface area contributed by atoms with Crippen molar-refractivity contribution in [2.75, 3.05) is 16.9 Å². The number of hydrogen-bond acceptors (Lipinski definition) is 6. The molecular weight excluding hydrogens is 237 g/mol. The molecule has 0 aliphatic rings. The molecule has 0 bridgehead atoms. The van der Waals surface area contributed by atoms with Gasteiger partial charge in [-0.15, -0.1) is 0 Å². The lowest BCUT2D eigenvalue weighted by atomic mass is 10.3. The molecule has 0 aliphatic heterocycles. The molecule has 0 spiro atoms. The average molecular weight is 251 g/mol. The Balaban J connectivity index is 2.26. The van der Waals surface area contributed by atoms with E-state index in [2.05, 4.69) is 15.4 Å². The summed E-state index contributed by atoms with van der Waals surface area (Å²) in [5, 5.41) is 0. The third kappa shape index (κ3) is 2.57. The summed E-state index contributed by atoms with van der Waals surface area (Å²) < 4.78 is 18.9. The Hall–Kier alpha value is -2.15. The molecule has 2 rings (SSSR count). The molecule has 0 saturated heterocycles. The van der Waals surface area contributed by atoms with Crippen LogP contribution in [0.4, 0.5) is 16.2 Å². The minimum absolute atomic E-state index is 0.171. The molecular formula is C11H14FN5O. The summed E-state index contributed by atoms with van der Waals surface area (Å²) in [6, 6.07) is 3.61. The van der Waals surface area contributed by atoms with Crippen LogP contribution in [0.5, 0.6) is 0 Å². The van der Waals surface area contributed by atoms with Crippen molar-refractivity contribution >= 4 is 11.8 Å². The molecule has 6 nitrogen and oxygen atoms in total. The Morgan fingerprint density at radius 3 is 3.00 bits per heavy atom. The van der Waals surface area contributed by atoms with Crippen LogP contribution in [0.2, 0.25) is 0 Å². The fourth-order valence-corrected chi connectivity index (χ4v) is 1.58. The zero-order valence-corrected chi connectivity index (χ0v) is 9.93. The summed E-state index contributed by atoms with van der Waals surface area (Å²) in [5.74, 6) is 5.81. The predicted octanol–water partition coefficient (Wildman–Crippen LogP) is 1.52. The third-order valence-corrected chi connectivity index (χ3v) is 2.46. The van der Waals surface area contributed by atoms with Crippen molar-refractivity contribution in [3.63, 3.8) is 0 Å². The number of furan rings is 1. The van der Waals surface area contributed by atoms with Gasteiger partial charge >= 0.3 is 0 Å². The molecule has 0 aliphatic carbocycles. The topological polar surface area (TPSA) is 80.2 Å². The van der Waals surface area contributed by atoms with Gasteiger partial charge in [0.1, 0.15) is 5.76 Å². The van der Waals surface area contributed by atoms with Crippen molar-refractivity contribution in [2.24, 2.45) is 5.84 Å². The Morgan fingerprint density at radius 2 is 2.39 bits per heavy atom. The minimum Gasteiger partial charge on any atom is -0.467 e. The Bertz CT molecular complexity index is 502. The van der Waals surface area contributed by atoms with Gasteiger partial charge < -0.3 is 9.32 Å². The van der Waals surface area contributed by atoms with Gasteiger partial charge in [0.15, 0.2) is 11.6 Å². The van der Waals surface area contributed by atoms with E-state index >= 15 is 0 Å². The average Bonchev–Trinajstić information content (AvgIpc) is 2.90. The van der Waals surface area contributed by atoms with E-state index in [1.165, 1.54) is 0 Å². The van der Waals surface area contributed by atoms with Crippen LogP contribution in [0, 0.1) is 5.82 Å². The highest BCUT2D eigenvalue weighted by Crippen LogP contribution is 2.19. The van der Waals surface area contributed by atoms with Crippen LogP contribution >= 0.6 is 0 Å². The van der Waals surface area contributed by atoms with Gasteiger partial charge in [0, 0.05) is 6.54 Å².